The van der Waals surface area contributed by atoms with E-state index in [1.165, 1.54) is 13.0 Å². The van der Waals surface area contributed by atoms with Crippen LogP contribution in [0.25, 0.3) is 0 Å². The molecule has 0 spiro atoms. The molecule has 0 aliphatic carbocycles. The SMILES string of the molecule is CCn1ccnc1N1CCCN(CCBr)CC1. The van der Waals surface area contributed by atoms with E-state index in [2.05, 4.69) is 48.4 Å². The summed E-state index contributed by atoms with van der Waals surface area (Å²) in [5, 5.41) is 1.07. The highest BCUT2D eigenvalue weighted by molar-refractivity contribution is 9.09. The van der Waals surface area contributed by atoms with Crippen LogP contribution in [0.4, 0.5) is 5.95 Å². The fraction of sp³-hybridized carbons (Fsp3) is 0.750. The third-order valence-corrected chi connectivity index (χ3v) is 3.66. The molecule has 1 aliphatic rings. The Morgan fingerprint density at radius 3 is 2.94 bits per heavy atom. The van der Waals surface area contributed by atoms with Crippen LogP contribution in [0.15, 0.2) is 12.4 Å². The molecule has 0 radical (unpaired) electrons. The molecule has 1 fully saturated rings. The molecule has 2 heterocycles. The number of alkyl halides is 1. The van der Waals surface area contributed by atoms with Crippen molar-refractivity contribution in [3.63, 3.8) is 0 Å². The molecular weight excluding hydrogens is 280 g/mol. The smallest absolute Gasteiger partial charge is 0.205 e. The van der Waals surface area contributed by atoms with Crippen molar-refractivity contribution in [2.45, 2.75) is 19.9 Å². The lowest BCUT2D eigenvalue weighted by molar-refractivity contribution is 0.313. The number of hydrogen-bond donors (Lipinski definition) is 0. The first-order chi connectivity index (χ1) is 8.35. The van der Waals surface area contributed by atoms with Gasteiger partial charge in [-0.15, -0.1) is 0 Å². The van der Waals surface area contributed by atoms with Crippen molar-refractivity contribution in [3.05, 3.63) is 12.4 Å². The van der Waals surface area contributed by atoms with Crippen LogP contribution in [0.5, 0.6) is 0 Å². The predicted octanol–water partition coefficient (Wildman–Crippen LogP) is 1.81. The van der Waals surface area contributed by atoms with Crippen LogP contribution in [0, 0.1) is 0 Å². The Kier molecular flexibility index (Phi) is 4.86. The predicted molar refractivity (Wildman–Crippen MR) is 75.0 cm³/mol. The van der Waals surface area contributed by atoms with Gasteiger partial charge in [0.15, 0.2) is 0 Å². The van der Waals surface area contributed by atoms with Crippen molar-refractivity contribution in [2.75, 3.05) is 43.0 Å². The largest absolute Gasteiger partial charge is 0.341 e. The van der Waals surface area contributed by atoms with Crippen molar-refractivity contribution in [1.29, 1.82) is 0 Å². The summed E-state index contributed by atoms with van der Waals surface area (Å²) < 4.78 is 2.22. The molecule has 0 amide bonds. The molecule has 5 heteroatoms. The number of halogens is 1. The van der Waals surface area contributed by atoms with E-state index < -0.39 is 0 Å². The van der Waals surface area contributed by atoms with E-state index in [-0.39, 0.29) is 0 Å². The van der Waals surface area contributed by atoms with Crippen molar-refractivity contribution < 1.29 is 0 Å². The van der Waals surface area contributed by atoms with E-state index >= 15 is 0 Å². The number of aryl methyl sites for hydroxylation is 1. The quantitative estimate of drug-likeness (QED) is 0.793. The molecule has 2 rings (SSSR count). The summed E-state index contributed by atoms with van der Waals surface area (Å²) in [4.78, 5) is 9.42. The van der Waals surface area contributed by atoms with Gasteiger partial charge >= 0.3 is 0 Å². The standard InChI is InChI=1S/C12H21BrN4/c1-2-16-9-5-14-12(16)17-7-3-6-15(8-4-13)10-11-17/h5,9H,2-4,6-8,10-11H2,1H3. The Balaban J connectivity index is 1.99. The highest BCUT2D eigenvalue weighted by Gasteiger charge is 2.17. The summed E-state index contributed by atoms with van der Waals surface area (Å²) in [7, 11) is 0. The van der Waals surface area contributed by atoms with Gasteiger partial charge < -0.3 is 14.4 Å². The van der Waals surface area contributed by atoms with E-state index in [0.29, 0.717) is 0 Å². The molecule has 0 N–H and O–H groups in total. The van der Waals surface area contributed by atoms with Gasteiger partial charge in [0.2, 0.25) is 5.95 Å². The van der Waals surface area contributed by atoms with E-state index in [1.807, 2.05) is 6.20 Å². The zero-order chi connectivity index (χ0) is 12.1. The summed E-state index contributed by atoms with van der Waals surface area (Å²) >= 11 is 3.52. The Morgan fingerprint density at radius 2 is 2.18 bits per heavy atom. The second-order valence-electron chi connectivity index (χ2n) is 4.38. The van der Waals surface area contributed by atoms with Crippen LogP contribution in [0.2, 0.25) is 0 Å². The minimum absolute atomic E-state index is 0.997. The molecule has 0 bridgehead atoms. The van der Waals surface area contributed by atoms with Crippen LogP contribution in [0.1, 0.15) is 13.3 Å². The Hall–Kier alpha value is -0.550. The summed E-state index contributed by atoms with van der Waals surface area (Å²) in [6.45, 7) is 8.87. The Morgan fingerprint density at radius 1 is 1.29 bits per heavy atom. The first kappa shape index (κ1) is 12.9. The summed E-state index contributed by atoms with van der Waals surface area (Å²) in [5.41, 5.74) is 0. The minimum Gasteiger partial charge on any atom is -0.341 e. The second-order valence-corrected chi connectivity index (χ2v) is 5.18. The monoisotopic (exact) mass is 300 g/mol. The maximum absolute atomic E-state index is 4.48. The molecule has 17 heavy (non-hydrogen) atoms. The number of imidazole rings is 1. The highest BCUT2D eigenvalue weighted by atomic mass is 79.9. The van der Waals surface area contributed by atoms with Gasteiger partial charge in [0.25, 0.3) is 0 Å². The minimum atomic E-state index is 0.997. The molecule has 1 aromatic rings. The zero-order valence-corrected chi connectivity index (χ0v) is 12.1. The van der Waals surface area contributed by atoms with Gasteiger partial charge in [-0.3, -0.25) is 0 Å². The number of anilines is 1. The summed E-state index contributed by atoms with van der Waals surface area (Å²) in [5.74, 6) is 1.13. The molecule has 1 aromatic heterocycles. The lowest BCUT2D eigenvalue weighted by Gasteiger charge is -2.22. The third kappa shape index (κ3) is 3.22. The van der Waals surface area contributed by atoms with Gasteiger partial charge in [0.05, 0.1) is 0 Å². The number of nitrogens with zero attached hydrogens (tertiary/aromatic N) is 4. The second kappa shape index (κ2) is 6.40. The van der Waals surface area contributed by atoms with Crippen LogP contribution < -0.4 is 4.90 Å². The third-order valence-electron chi connectivity index (χ3n) is 3.31. The summed E-state index contributed by atoms with van der Waals surface area (Å²) in [6.07, 6.45) is 5.19. The molecule has 0 saturated carbocycles. The maximum atomic E-state index is 4.48. The van der Waals surface area contributed by atoms with Crippen molar-refractivity contribution in [1.82, 2.24) is 14.5 Å². The van der Waals surface area contributed by atoms with Gasteiger partial charge in [-0.2, -0.15) is 0 Å². The van der Waals surface area contributed by atoms with Crippen LogP contribution in [-0.2, 0) is 6.54 Å². The van der Waals surface area contributed by atoms with E-state index in [9.17, 15) is 0 Å². The van der Waals surface area contributed by atoms with E-state index in [0.717, 1.165) is 44.0 Å². The molecule has 96 valence electrons. The lowest BCUT2D eigenvalue weighted by Crippen LogP contribution is -2.33. The van der Waals surface area contributed by atoms with E-state index in [4.69, 9.17) is 0 Å². The highest BCUT2D eigenvalue weighted by Crippen LogP contribution is 2.14. The molecule has 0 aromatic carbocycles. The molecule has 1 saturated heterocycles. The first-order valence-electron chi connectivity index (χ1n) is 6.39. The first-order valence-corrected chi connectivity index (χ1v) is 7.51. The molecule has 4 nitrogen and oxygen atoms in total. The van der Waals surface area contributed by atoms with Crippen molar-refractivity contribution in [2.24, 2.45) is 0 Å². The van der Waals surface area contributed by atoms with Crippen LogP contribution >= 0.6 is 15.9 Å². The van der Waals surface area contributed by atoms with Gasteiger partial charge in [-0.25, -0.2) is 4.98 Å². The number of rotatable bonds is 4. The molecule has 0 atom stereocenters. The fourth-order valence-electron chi connectivity index (χ4n) is 2.35. The van der Waals surface area contributed by atoms with Crippen LogP contribution in [-0.4, -0.2) is 52.5 Å². The van der Waals surface area contributed by atoms with Gasteiger partial charge in [0, 0.05) is 50.4 Å². The zero-order valence-electron chi connectivity index (χ0n) is 10.5. The molecule has 0 unspecified atom stereocenters. The van der Waals surface area contributed by atoms with Crippen LogP contribution in [0.3, 0.4) is 0 Å². The molecular formula is C12H21BrN4. The average Bonchev–Trinajstić information content (AvgIpc) is 2.70. The van der Waals surface area contributed by atoms with Crippen molar-refractivity contribution >= 4 is 21.9 Å². The fourth-order valence-corrected chi connectivity index (χ4v) is 2.85. The van der Waals surface area contributed by atoms with Crippen molar-refractivity contribution in [3.8, 4) is 0 Å². The topological polar surface area (TPSA) is 24.3 Å². The Labute approximate surface area is 112 Å². The maximum Gasteiger partial charge on any atom is 0.205 e. The van der Waals surface area contributed by atoms with Gasteiger partial charge in [-0.05, 0) is 19.9 Å². The number of aromatic nitrogens is 2. The molecule has 1 aliphatic heterocycles. The summed E-state index contributed by atoms with van der Waals surface area (Å²) in [6, 6.07) is 0. The Bertz CT molecular complexity index is 339. The van der Waals surface area contributed by atoms with Gasteiger partial charge in [0.1, 0.15) is 0 Å². The van der Waals surface area contributed by atoms with Gasteiger partial charge in [-0.1, -0.05) is 15.9 Å². The normalized spacial score (nSPS) is 18.4. The average molecular weight is 301 g/mol. The lowest BCUT2D eigenvalue weighted by atomic mass is 10.4. The van der Waals surface area contributed by atoms with E-state index in [1.54, 1.807) is 0 Å². The number of hydrogen-bond acceptors (Lipinski definition) is 3.